The van der Waals surface area contributed by atoms with E-state index in [0.29, 0.717) is 12.7 Å². The fourth-order valence-electron chi connectivity index (χ4n) is 2.20. The van der Waals surface area contributed by atoms with Crippen molar-refractivity contribution < 1.29 is 13.8 Å². The Labute approximate surface area is 103 Å². The highest BCUT2D eigenvalue weighted by Crippen LogP contribution is 2.45. The van der Waals surface area contributed by atoms with Crippen molar-refractivity contribution in [2.75, 3.05) is 19.4 Å². The maximum Gasteiger partial charge on any atom is 0.230 e. The Morgan fingerprint density at radius 1 is 1.35 bits per heavy atom. The number of benzene rings is 1. The highest BCUT2D eigenvalue weighted by molar-refractivity contribution is 7.47. The molecule has 3 rings (SSSR count). The molecule has 0 amide bonds. The number of hydrogen-bond donors (Lipinski definition) is 0. The number of ether oxygens (including phenoxy) is 1. The molecule has 0 radical (unpaired) electrons. The molecular formula is C13H17O3P. The normalized spacial score (nSPS) is 27.5. The predicted octanol–water partition coefficient (Wildman–Crippen LogP) is 3.13. The Morgan fingerprint density at radius 3 is 3.18 bits per heavy atom. The number of fused-ring (bicyclic) bond motifs is 1. The second-order valence-corrected chi connectivity index (χ2v) is 5.99. The van der Waals surface area contributed by atoms with Gasteiger partial charge in [0.05, 0.1) is 12.7 Å². The Morgan fingerprint density at radius 2 is 2.29 bits per heavy atom. The van der Waals surface area contributed by atoms with Gasteiger partial charge in [0.15, 0.2) is 0 Å². The molecule has 2 unspecified atom stereocenters. The zero-order valence-corrected chi connectivity index (χ0v) is 10.7. The van der Waals surface area contributed by atoms with Crippen LogP contribution in [0.4, 0.5) is 0 Å². The van der Waals surface area contributed by atoms with Gasteiger partial charge in [-0.3, -0.25) is 0 Å². The van der Waals surface area contributed by atoms with Crippen LogP contribution in [-0.2, 0) is 15.7 Å². The third kappa shape index (κ3) is 2.79. The lowest BCUT2D eigenvalue weighted by molar-refractivity contribution is 0.0688. The number of para-hydroxylation sites is 1. The van der Waals surface area contributed by atoms with E-state index in [1.165, 1.54) is 5.56 Å². The van der Waals surface area contributed by atoms with Gasteiger partial charge in [-0.25, -0.2) is 0 Å². The van der Waals surface area contributed by atoms with Crippen LogP contribution >= 0.6 is 8.38 Å². The maximum atomic E-state index is 5.88. The van der Waals surface area contributed by atoms with Crippen LogP contribution in [0.25, 0.3) is 0 Å². The summed E-state index contributed by atoms with van der Waals surface area (Å²) in [6.07, 6.45) is 4.64. The first-order chi connectivity index (χ1) is 8.42. The molecule has 0 saturated carbocycles. The molecule has 92 valence electrons. The van der Waals surface area contributed by atoms with Gasteiger partial charge in [0.25, 0.3) is 0 Å². The highest BCUT2D eigenvalue weighted by atomic mass is 31.2. The minimum atomic E-state index is -0.755. The Kier molecular flexibility index (Phi) is 3.60. The van der Waals surface area contributed by atoms with Gasteiger partial charge >= 0.3 is 0 Å². The van der Waals surface area contributed by atoms with Crippen molar-refractivity contribution in [2.24, 2.45) is 0 Å². The summed E-state index contributed by atoms with van der Waals surface area (Å²) in [6.45, 7) is 1.57. The van der Waals surface area contributed by atoms with E-state index in [9.17, 15) is 0 Å². The van der Waals surface area contributed by atoms with Gasteiger partial charge in [-0.2, -0.15) is 0 Å². The minimum Gasteiger partial charge on any atom is -0.447 e. The number of aryl methyl sites for hydroxylation is 1. The molecule has 17 heavy (non-hydrogen) atoms. The molecule has 1 aromatic rings. The van der Waals surface area contributed by atoms with Crippen molar-refractivity contribution in [2.45, 2.75) is 25.4 Å². The van der Waals surface area contributed by atoms with Crippen LogP contribution in [0.15, 0.2) is 24.3 Å². The summed E-state index contributed by atoms with van der Waals surface area (Å²) in [4.78, 5) is 0. The molecule has 2 atom stereocenters. The second-order valence-electron chi connectivity index (χ2n) is 4.44. The molecule has 1 saturated heterocycles. The molecule has 2 aliphatic heterocycles. The van der Waals surface area contributed by atoms with Crippen LogP contribution in [0.3, 0.4) is 0 Å². The van der Waals surface area contributed by atoms with Gasteiger partial charge in [0.2, 0.25) is 8.38 Å². The fraction of sp³-hybridized carbons (Fsp3) is 0.538. The molecule has 2 heterocycles. The van der Waals surface area contributed by atoms with E-state index in [1.807, 2.05) is 12.1 Å². The fourth-order valence-corrected chi connectivity index (χ4v) is 3.63. The van der Waals surface area contributed by atoms with E-state index in [4.69, 9.17) is 13.8 Å². The van der Waals surface area contributed by atoms with Gasteiger partial charge in [-0.05, 0) is 30.9 Å². The number of rotatable bonds is 3. The third-order valence-electron chi connectivity index (χ3n) is 3.16. The molecule has 4 heteroatoms. The van der Waals surface area contributed by atoms with E-state index < -0.39 is 8.38 Å². The standard InChI is InChI=1S/C13H17O3P/c1-2-6-13-11(4-1)7-9-17(16-13)15-10-12-5-3-8-14-12/h1-2,4,6,12H,3,5,7-10H2. The average molecular weight is 252 g/mol. The molecule has 1 aromatic carbocycles. The molecule has 1 fully saturated rings. The topological polar surface area (TPSA) is 27.7 Å². The van der Waals surface area contributed by atoms with Gasteiger partial charge < -0.3 is 13.8 Å². The van der Waals surface area contributed by atoms with E-state index >= 15 is 0 Å². The van der Waals surface area contributed by atoms with E-state index in [2.05, 4.69) is 12.1 Å². The summed E-state index contributed by atoms with van der Waals surface area (Å²) < 4.78 is 17.3. The van der Waals surface area contributed by atoms with Crippen LogP contribution in [0.1, 0.15) is 18.4 Å². The Balaban J connectivity index is 1.53. The van der Waals surface area contributed by atoms with Crippen molar-refractivity contribution in [1.82, 2.24) is 0 Å². The first-order valence-electron chi connectivity index (χ1n) is 6.20. The van der Waals surface area contributed by atoms with Crippen molar-refractivity contribution >= 4 is 8.38 Å². The van der Waals surface area contributed by atoms with Gasteiger partial charge in [-0.15, -0.1) is 0 Å². The van der Waals surface area contributed by atoms with Crippen molar-refractivity contribution in [3.8, 4) is 5.75 Å². The monoisotopic (exact) mass is 252 g/mol. The average Bonchev–Trinajstić information content (AvgIpc) is 2.89. The molecule has 0 bridgehead atoms. The van der Waals surface area contributed by atoms with Crippen molar-refractivity contribution in [3.63, 3.8) is 0 Å². The summed E-state index contributed by atoms with van der Waals surface area (Å²) in [6, 6.07) is 8.22. The van der Waals surface area contributed by atoms with Gasteiger partial charge in [0.1, 0.15) is 5.75 Å². The zero-order valence-electron chi connectivity index (χ0n) is 9.80. The first kappa shape index (κ1) is 11.5. The molecular weight excluding hydrogens is 235 g/mol. The number of hydrogen-bond acceptors (Lipinski definition) is 3. The lowest BCUT2D eigenvalue weighted by atomic mass is 10.1. The van der Waals surface area contributed by atoms with Gasteiger partial charge in [0, 0.05) is 12.8 Å². The second kappa shape index (κ2) is 5.34. The Hall–Kier alpha value is -0.630. The smallest absolute Gasteiger partial charge is 0.230 e. The van der Waals surface area contributed by atoms with Crippen LogP contribution in [0.5, 0.6) is 5.75 Å². The summed E-state index contributed by atoms with van der Waals surface area (Å²) in [5, 5.41) is 0. The zero-order chi connectivity index (χ0) is 11.5. The van der Waals surface area contributed by atoms with Crippen LogP contribution < -0.4 is 4.52 Å². The first-order valence-corrected chi connectivity index (χ1v) is 7.56. The quantitative estimate of drug-likeness (QED) is 0.773. The van der Waals surface area contributed by atoms with Crippen molar-refractivity contribution in [1.29, 1.82) is 0 Å². The van der Waals surface area contributed by atoms with Gasteiger partial charge in [-0.1, -0.05) is 18.2 Å². The Bertz CT molecular complexity index is 377. The minimum absolute atomic E-state index is 0.290. The highest BCUT2D eigenvalue weighted by Gasteiger charge is 2.23. The lowest BCUT2D eigenvalue weighted by Gasteiger charge is -2.25. The van der Waals surface area contributed by atoms with Crippen LogP contribution in [0.2, 0.25) is 0 Å². The largest absolute Gasteiger partial charge is 0.447 e. The molecule has 0 N–H and O–H groups in total. The SMILES string of the molecule is c1ccc2c(c1)CCP(OCC1CCCO1)O2. The summed E-state index contributed by atoms with van der Waals surface area (Å²) in [7, 11) is -0.755. The van der Waals surface area contributed by atoms with E-state index in [-0.39, 0.29) is 0 Å². The lowest BCUT2D eigenvalue weighted by Crippen LogP contribution is -2.15. The van der Waals surface area contributed by atoms with E-state index in [0.717, 1.165) is 37.8 Å². The molecule has 0 aliphatic carbocycles. The summed E-state index contributed by atoms with van der Waals surface area (Å²) in [5.74, 6) is 0.997. The van der Waals surface area contributed by atoms with E-state index in [1.54, 1.807) is 0 Å². The maximum absolute atomic E-state index is 5.88. The van der Waals surface area contributed by atoms with Crippen molar-refractivity contribution in [3.05, 3.63) is 29.8 Å². The molecule has 0 aromatic heterocycles. The van der Waals surface area contributed by atoms with Crippen LogP contribution in [-0.4, -0.2) is 25.5 Å². The molecule has 2 aliphatic rings. The molecule has 0 spiro atoms. The van der Waals surface area contributed by atoms with Crippen LogP contribution in [0, 0.1) is 0 Å². The summed E-state index contributed by atoms with van der Waals surface area (Å²) >= 11 is 0. The molecule has 3 nitrogen and oxygen atoms in total. The third-order valence-corrected chi connectivity index (χ3v) is 4.59. The predicted molar refractivity (Wildman–Crippen MR) is 67.5 cm³/mol. The summed E-state index contributed by atoms with van der Waals surface area (Å²) in [5.41, 5.74) is 1.30.